The van der Waals surface area contributed by atoms with E-state index in [2.05, 4.69) is 15.5 Å². The highest BCUT2D eigenvalue weighted by Crippen LogP contribution is 2.23. The molecule has 0 aliphatic heterocycles. The Morgan fingerprint density at radius 1 is 1.09 bits per heavy atom. The molecule has 1 amide bonds. The summed E-state index contributed by atoms with van der Waals surface area (Å²) in [7, 11) is 0. The maximum Gasteiger partial charge on any atom is 0.271 e. The van der Waals surface area contributed by atoms with Gasteiger partial charge in [0.05, 0.1) is 6.21 Å². The molecule has 0 saturated carbocycles. The molecule has 5 heteroatoms. The average Bonchev–Trinajstić information content (AvgIpc) is 2.56. The van der Waals surface area contributed by atoms with Crippen molar-refractivity contribution in [3.8, 4) is 5.75 Å². The van der Waals surface area contributed by atoms with Gasteiger partial charge in [0.25, 0.3) is 5.91 Å². The van der Waals surface area contributed by atoms with Crippen LogP contribution in [0.2, 0.25) is 0 Å². The number of phenols is 1. The molecule has 2 N–H and O–H groups in total. The molecular weight excluding hydrogens is 278 g/mol. The van der Waals surface area contributed by atoms with E-state index in [1.165, 1.54) is 18.6 Å². The largest absolute Gasteiger partial charge is 0.507 e. The summed E-state index contributed by atoms with van der Waals surface area (Å²) in [6.45, 7) is 0. The van der Waals surface area contributed by atoms with Gasteiger partial charge in [0, 0.05) is 23.5 Å². The Kier molecular flexibility index (Phi) is 3.78. The summed E-state index contributed by atoms with van der Waals surface area (Å²) in [4.78, 5) is 15.7. The first-order valence-corrected chi connectivity index (χ1v) is 6.69. The highest BCUT2D eigenvalue weighted by molar-refractivity contribution is 5.96. The summed E-state index contributed by atoms with van der Waals surface area (Å²) < 4.78 is 0. The molecule has 108 valence electrons. The normalized spacial score (nSPS) is 10.9. The average molecular weight is 291 g/mol. The lowest BCUT2D eigenvalue weighted by atomic mass is 10.1. The topological polar surface area (TPSA) is 74.6 Å². The Hall–Kier alpha value is -3.21. The second-order valence-electron chi connectivity index (χ2n) is 4.69. The van der Waals surface area contributed by atoms with Crippen LogP contribution in [-0.4, -0.2) is 22.2 Å². The molecule has 0 aliphatic rings. The number of rotatable bonds is 3. The molecule has 0 aliphatic carbocycles. The van der Waals surface area contributed by atoms with Gasteiger partial charge in [-0.1, -0.05) is 24.3 Å². The van der Waals surface area contributed by atoms with Crippen molar-refractivity contribution >= 4 is 22.9 Å². The molecule has 0 radical (unpaired) electrons. The summed E-state index contributed by atoms with van der Waals surface area (Å²) in [5.41, 5.74) is 3.42. The van der Waals surface area contributed by atoms with Crippen molar-refractivity contribution in [1.82, 2.24) is 10.4 Å². The van der Waals surface area contributed by atoms with Gasteiger partial charge < -0.3 is 5.11 Å². The number of nitrogens with one attached hydrogen (secondary N) is 1. The summed E-state index contributed by atoms with van der Waals surface area (Å²) in [5.74, 6) is -0.223. The van der Waals surface area contributed by atoms with Crippen molar-refractivity contribution in [3.05, 3.63) is 72.1 Å². The Balaban J connectivity index is 1.78. The number of phenolic OH excluding ortho intramolecular Hbond substituents is 1. The number of hydrazone groups is 1. The fraction of sp³-hybridized carbons (Fsp3) is 0. The molecule has 2 aromatic carbocycles. The molecule has 0 saturated heterocycles. The Bertz CT molecular complexity index is 845. The second kappa shape index (κ2) is 6.05. The van der Waals surface area contributed by atoms with Gasteiger partial charge in [-0.15, -0.1) is 0 Å². The first-order valence-electron chi connectivity index (χ1n) is 6.69. The summed E-state index contributed by atoms with van der Waals surface area (Å²) in [5, 5.41) is 15.8. The van der Waals surface area contributed by atoms with Crippen LogP contribution in [0.3, 0.4) is 0 Å². The minimum Gasteiger partial charge on any atom is -0.507 e. The third-order valence-corrected chi connectivity index (χ3v) is 3.21. The number of hydrogen-bond acceptors (Lipinski definition) is 4. The highest BCUT2D eigenvalue weighted by Gasteiger charge is 2.04. The number of amides is 1. The molecular formula is C17H13N3O2. The number of nitrogens with zero attached hydrogens (tertiary/aromatic N) is 2. The van der Waals surface area contributed by atoms with E-state index in [9.17, 15) is 9.90 Å². The summed E-state index contributed by atoms with van der Waals surface area (Å²) in [6.07, 6.45) is 4.49. The SMILES string of the molecule is O=C(N/N=C/c1cc2ccccc2cc1O)c1ccncc1. The van der Waals surface area contributed by atoms with E-state index in [0.717, 1.165) is 10.8 Å². The maximum absolute atomic E-state index is 11.8. The zero-order valence-electron chi connectivity index (χ0n) is 11.6. The smallest absolute Gasteiger partial charge is 0.271 e. The van der Waals surface area contributed by atoms with Gasteiger partial charge in [-0.25, -0.2) is 5.43 Å². The van der Waals surface area contributed by atoms with Crippen LogP contribution in [0.1, 0.15) is 15.9 Å². The third kappa shape index (κ3) is 2.93. The molecule has 3 aromatic rings. The lowest BCUT2D eigenvalue weighted by Crippen LogP contribution is -2.17. The van der Waals surface area contributed by atoms with Crippen LogP contribution in [0.15, 0.2) is 66.0 Å². The summed E-state index contributed by atoms with van der Waals surface area (Å²) in [6, 6.07) is 14.4. The molecule has 5 nitrogen and oxygen atoms in total. The van der Waals surface area contributed by atoms with E-state index >= 15 is 0 Å². The number of hydrogen-bond donors (Lipinski definition) is 2. The van der Waals surface area contributed by atoms with E-state index in [1.54, 1.807) is 18.2 Å². The number of pyridine rings is 1. The van der Waals surface area contributed by atoms with Gasteiger partial charge in [-0.2, -0.15) is 5.10 Å². The Morgan fingerprint density at radius 2 is 1.77 bits per heavy atom. The third-order valence-electron chi connectivity index (χ3n) is 3.21. The first kappa shape index (κ1) is 13.8. The highest BCUT2D eigenvalue weighted by atomic mass is 16.3. The van der Waals surface area contributed by atoms with Gasteiger partial charge in [0.1, 0.15) is 5.75 Å². The van der Waals surface area contributed by atoms with E-state index in [4.69, 9.17) is 0 Å². The number of fused-ring (bicyclic) bond motifs is 1. The van der Waals surface area contributed by atoms with Gasteiger partial charge in [-0.05, 0) is 35.0 Å². The lowest BCUT2D eigenvalue weighted by molar-refractivity contribution is 0.0955. The molecule has 3 rings (SSSR count). The fourth-order valence-electron chi connectivity index (χ4n) is 2.08. The molecule has 0 atom stereocenters. The van der Waals surface area contributed by atoms with E-state index in [-0.39, 0.29) is 11.7 Å². The molecule has 1 aromatic heterocycles. The van der Waals surface area contributed by atoms with Crippen LogP contribution in [0.25, 0.3) is 10.8 Å². The second-order valence-corrected chi connectivity index (χ2v) is 4.69. The van der Waals surface area contributed by atoms with Crippen LogP contribution in [0.4, 0.5) is 0 Å². The molecule has 0 unspecified atom stereocenters. The van der Waals surface area contributed by atoms with Crippen molar-refractivity contribution in [2.75, 3.05) is 0 Å². The molecule has 22 heavy (non-hydrogen) atoms. The zero-order chi connectivity index (χ0) is 15.4. The van der Waals surface area contributed by atoms with Crippen molar-refractivity contribution in [1.29, 1.82) is 0 Å². The predicted octanol–water partition coefficient (Wildman–Crippen LogP) is 2.70. The number of carbonyl (C=O) groups is 1. The van der Waals surface area contributed by atoms with E-state index in [1.807, 2.05) is 30.3 Å². The van der Waals surface area contributed by atoms with E-state index in [0.29, 0.717) is 11.1 Å². The van der Waals surface area contributed by atoms with Gasteiger partial charge in [0.2, 0.25) is 0 Å². The van der Waals surface area contributed by atoms with Gasteiger partial charge >= 0.3 is 0 Å². The van der Waals surface area contributed by atoms with Gasteiger partial charge in [0.15, 0.2) is 0 Å². The first-order chi connectivity index (χ1) is 10.7. The van der Waals surface area contributed by atoms with Crippen LogP contribution in [0, 0.1) is 0 Å². The number of aromatic nitrogens is 1. The minimum absolute atomic E-state index is 0.112. The van der Waals surface area contributed by atoms with Gasteiger partial charge in [-0.3, -0.25) is 9.78 Å². The Morgan fingerprint density at radius 3 is 2.50 bits per heavy atom. The zero-order valence-corrected chi connectivity index (χ0v) is 11.6. The molecule has 1 heterocycles. The van der Waals surface area contributed by atoms with Crippen molar-refractivity contribution < 1.29 is 9.90 Å². The van der Waals surface area contributed by atoms with Crippen LogP contribution in [-0.2, 0) is 0 Å². The molecule has 0 fully saturated rings. The van der Waals surface area contributed by atoms with E-state index < -0.39 is 0 Å². The molecule has 0 spiro atoms. The van der Waals surface area contributed by atoms with Crippen LogP contribution in [0.5, 0.6) is 5.75 Å². The quantitative estimate of drug-likeness (QED) is 0.575. The van der Waals surface area contributed by atoms with Crippen LogP contribution < -0.4 is 5.43 Å². The standard InChI is InChI=1S/C17H13N3O2/c21-16-10-14-4-2-1-3-13(14)9-15(16)11-19-20-17(22)12-5-7-18-8-6-12/h1-11,21H,(H,20,22)/b19-11+. The Labute approximate surface area is 126 Å². The molecule has 0 bridgehead atoms. The fourth-order valence-corrected chi connectivity index (χ4v) is 2.08. The maximum atomic E-state index is 11.8. The lowest BCUT2D eigenvalue weighted by Gasteiger charge is -2.03. The van der Waals surface area contributed by atoms with Crippen LogP contribution >= 0.6 is 0 Å². The van der Waals surface area contributed by atoms with Crippen molar-refractivity contribution in [2.24, 2.45) is 5.10 Å². The monoisotopic (exact) mass is 291 g/mol. The minimum atomic E-state index is -0.334. The summed E-state index contributed by atoms with van der Waals surface area (Å²) >= 11 is 0. The number of aromatic hydroxyl groups is 1. The van der Waals surface area contributed by atoms with Crippen molar-refractivity contribution in [2.45, 2.75) is 0 Å². The number of benzene rings is 2. The number of carbonyl (C=O) groups excluding carboxylic acids is 1. The van der Waals surface area contributed by atoms with Crippen molar-refractivity contribution in [3.63, 3.8) is 0 Å². The predicted molar refractivity (Wildman–Crippen MR) is 84.9 cm³/mol.